The van der Waals surface area contributed by atoms with E-state index in [0.29, 0.717) is 36.0 Å². The number of nitrogens with zero attached hydrogens (tertiary/aromatic N) is 1. The standard InChI is InChI=1S/C37H43NO7/c1-38(21-13-23-45-37(40)35-30-16-9-7-14-28(30)26-29-15-8-10-17-31(29)35)20-11-5-6-12-22-44-34(39)19-18-27-24-32(41-2)36(43-4)33(25-27)42-3/h7-10,14-19,24-26H,5-6,11-13,20-23H2,1-4H3/b19-18+. The lowest BCUT2D eigenvalue weighted by Crippen LogP contribution is -2.22. The molecular weight excluding hydrogens is 570 g/mol. The summed E-state index contributed by atoms with van der Waals surface area (Å²) < 4.78 is 27.1. The first-order chi connectivity index (χ1) is 21.9. The molecule has 0 aliphatic heterocycles. The summed E-state index contributed by atoms with van der Waals surface area (Å²) in [6.07, 6.45) is 7.72. The second-order valence-corrected chi connectivity index (χ2v) is 10.9. The number of hydrogen-bond donors (Lipinski definition) is 0. The number of rotatable bonds is 17. The van der Waals surface area contributed by atoms with Crippen LogP contribution in [-0.4, -0.2) is 71.5 Å². The summed E-state index contributed by atoms with van der Waals surface area (Å²) in [5, 5.41) is 3.90. The topological polar surface area (TPSA) is 83.5 Å². The zero-order valence-electron chi connectivity index (χ0n) is 26.7. The summed E-state index contributed by atoms with van der Waals surface area (Å²) in [6, 6.07) is 21.5. The number of methoxy groups -OCH3 is 3. The minimum atomic E-state index is -0.391. The summed E-state index contributed by atoms with van der Waals surface area (Å²) in [7, 11) is 6.72. The molecule has 0 aromatic heterocycles. The Morgan fingerprint density at radius 3 is 1.89 bits per heavy atom. The Morgan fingerprint density at radius 2 is 1.27 bits per heavy atom. The fourth-order valence-electron chi connectivity index (χ4n) is 5.34. The molecule has 0 bridgehead atoms. The van der Waals surface area contributed by atoms with E-state index in [0.717, 1.165) is 72.3 Å². The van der Waals surface area contributed by atoms with Gasteiger partial charge in [-0.05, 0) is 84.2 Å². The lowest BCUT2D eigenvalue weighted by molar-refractivity contribution is -0.137. The molecule has 4 aromatic carbocycles. The second kappa shape index (κ2) is 17.1. The molecule has 0 atom stereocenters. The lowest BCUT2D eigenvalue weighted by Gasteiger charge is -2.16. The van der Waals surface area contributed by atoms with Crippen molar-refractivity contribution < 1.29 is 33.3 Å². The highest BCUT2D eigenvalue weighted by atomic mass is 16.5. The van der Waals surface area contributed by atoms with E-state index in [4.69, 9.17) is 23.7 Å². The normalized spacial score (nSPS) is 11.3. The van der Waals surface area contributed by atoms with Crippen molar-refractivity contribution in [1.29, 1.82) is 0 Å². The van der Waals surface area contributed by atoms with Gasteiger partial charge in [0.2, 0.25) is 5.75 Å². The van der Waals surface area contributed by atoms with Gasteiger partial charge in [-0.15, -0.1) is 0 Å². The van der Waals surface area contributed by atoms with Crippen LogP contribution in [0.15, 0.2) is 72.8 Å². The van der Waals surface area contributed by atoms with E-state index < -0.39 is 5.97 Å². The molecule has 0 spiro atoms. The van der Waals surface area contributed by atoms with Gasteiger partial charge < -0.3 is 28.6 Å². The minimum Gasteiger partial charge on any atom is -0.493 e. The number of unbranched alkanes of at least 4 members (excludes halogenated alkanes) is 3. The average Bonchev–Trinajstić information content (AvgIpc) is 3.06. The summed E-state index contributed by atoms with van der Waals surface area (Å²) in [5.41, 5.74) is 1.37. The van der Waals surface area contributed by atoms with Crippen LogP contribution in [0.5, 0.6) is 17.2 Å². The largest absolute Gasteiger partial charge is 0.493 e. The molecule has 0 aliphatic carbocycles. The molecule has 8 heteroatoms. The molecule has 0 saturated heterocycles. The van der Waals surface area contributed by atoms with E-state index in [-0.39, 0.29) is 5.97 Å². The Hall–Kier alpha value is -4.56. The molecule has 4 rings (SSSR count). The minimum absolute atomic E-state index is 0.275. The lowest BCUT2D eigenvalue weighted by atomic mass is 9.97. The monoisotopic (exact) mass is 613 g/mol. The van der Waals surface area contributed by atoms with Gasteiger partial charge in [-0.3, -0.25) is 0 Å². The van der Waals surface area contributed by atoms with Crippen molar-refractivity contribution in [2.75, 3.05) is 54.7 Å². The maximum atomic E-state index is 13.1. The summed E-state index contributed by atoms with van der Waals surface area (Å²) in [4.78, 5) is 27.6. The van der Waals surface area contributed by atoms with E-state index >= 15 is 0 Å². The van der Waals surface area contributed by atoms with Crippen molar-refractivity contribution in [3.05, 3.63) is 83.9 Å². The zero-order valence-corrected chi connectivity index (χ0v) is 26.7. The molecule has 8 nitrogen and oxygen atoms in total. The smallest absolute Gasteiger partial charge is 0.339 e. The highest BCUT2D eigenvalue weighted by Crippen LogP contribution is 2.38. The highest BCUT2D eigenvalue weighted by molar-refractivity contribution is 6.16. The van der Waals surface area contributed by atoms with Crippen molar-refractivity contribution in [3.8, 4) is 17.2 Å². The van der Waals surface area contributed by atoms with Gasteiger partial charge in [0, 0.05) is 12.6 Å². The van der Waals surface area contributed by atoms with Crippen LogP contribution in [0.2, 0.25) is 0 Å². The van der Waals surface area contributed by atoms with Crippen LogP contribution in [0.3, 0.4) is 0 Å². The van der Waals surface area contributed by atoms with Gasteiger partial charge in [-0.1, -0.05) is 61.4 Å². The number of esters is 2. The van der Waals surface area contributed by atoms with Crippen LogP contribution in [-0.2, 0) is 14.3 Å². The van der Waals surface area contributed by atoms with Gasteiger partial charge in [-0.25, -0.2) is 9.59 Å². The first kappa shape index (κ1) is 33.3. The fourth-order valence-corrected chi connectivity index (χ4v) is 5.34. The quantitative estimate of drug-likeness (QED) is 0.0531. The molecule has 0 N–H and O–H groups in total. The van der Waals surface area contributed by atoms with Gasteiger partial charge in [0.15, 0.2) is 11.5 Å². The summed E-state index contributed by atoms with van der Waals surface area (Å²) >= 11 is 0. The Morgan fingerprint density at radius 1 is 0.689 bits per heavy atom. The maximum Gasteiger partial charge on any atom is 0.339 e. The van der Waals surface area contributed by atoms with Gasteiger partial charge in [0.1, 0.15) is 0 Å². The Balaban J connectivity index is 1.09. The van der Waals surface area contributed by atoms with Crippen LogP contribution < -0.4 is 14.2 Å². The van der Waals surface area contributed by atoms with Crippen molar-refractivity contribution >= 4 is 39.6 Å². The molecule has 0 radical (unpaired) electrons. The number of fused-ring (bicyclic) bond motifs is 2. The van der Waals surface area contributed by atoms with E-state index in [9.17, 15) is 9.59 Å². The van der Waals surface area contributed by atoms with Crippen LogP contribution in [0.1, 0.15) is 48.0 Å². The molecule has 45 heavy (non-hydrogen) atoms. The number of carbonyl (C=O) groups excluding carboxylic acids is 2. The van der Waals surface area contributed by atoms with E-state index in [1.807, 2.05) is 48.5 Å². The highest BCUT2D eigenvalue weighted by Gasteiger charge is 2.16. The summed E-state index contributed by atoms with van der Waals surface area (Å²) in [6.45, 7) is 2.56. The number of benzene rings is 4. The van der Waals surface area contributed by atoms with Crippen LogP contribution in [0.25, 0.3) is 27.6 Å². The van der Waals surface area contributed by atoms with Gasteiger partial charge in [-0.2, -0.15) is 0 Å². The first-order valence-corrected chi connectivity index (χ1v) is 15.4. The second-order valence-electron chi connectivity index (χ2n) is 10.9. The average molecular weight is 614 g/mol. The predicted octanol–water partition coefficient (Wildman–Crippen LogP) is 7.31. The zero-order chi connectivity index (χ0) is 32.0. The first-order valence-electron chi connectivity index (χ1n) is 15.4. The van der Waals surface area contributed by atoms with Crippen molar-refractivity contribution in [2.45, 2.75) is 32.1 Å². The Labute approximate surface area is 265 Å². The van der Waals surface area contributed by atoms with Crippen molar-refractivity contribution in [3.63, 3.8) is 0 Å². The van der Waals surface area contributed by atoms with Crippen LogP contribution >= 0.6 is 0 Å². The molecule has 0 heterocycles. The SMILES string of the molecule is COc1cc(/C=C/C(=O)OCCCCCCN(C)CCCOC(=O)c2c3ccccc3cc3ccccc23)cc(OC)c1OC. The number of hydrogen-bond acceptors (Lipinski definition) is 8. The van der Waals surface area contributed by atoms with E-state index in [1.165, 1.54) is 6.08 Å². The summed E-state index contributed by atoms with van der Waals surface area (Å²) in [5.74, 6) is 0.869. The molecule has 4 aromatic rings. The van der Waals surface area contributed by atoms with Gasteiger partial charge in [0.25, 0.3) is 0 Å². The van der Waals surface area contributed by atoms with Crippen LogP contribution in [0, 0.1) is 0 Å². The molecule has 0 fully saturated rings. The molecule has 0 amide bonds. The number of ether oxygens (including phenoxy) is 5. The Bertz CT molecular complexity index is 1530. The fraction of sp³-hybridized carbons (Fsp3) is 0.351. The van der Waals surface area contributed by atoms with Gasteiger partial charge >= 0.3 is 11.9 Å². The third-order valence-electron chi connectivity index (χ3n) is 7.67. The Kier molecular flexibility index (Phi) is 12.6. The maximum absolute atomic E-state index is 13.1. The number of carbonyl (C=O) groups is 2. The molecule has 0 aliphatic rings. The van der Waals surface area contributed by atoms with E-state index in [2.05, 4.69) is 18.0 Å². The third kappa shape index (κ3) is 9.22. The third-order valence-corrected chi connectivity index (χ3v) is 7.67. The molecular formula is C37H43NO7. The van der Waals surface area contributed by atoms with Crippen LogP contribution in [0.4, 0.5) is 0 Å². The molecule has 0 unspecified atom stereocenters. The predicted molar refractivity (Wildman–Crippen MR) is 178 cm³/mol. The van der Waals surface area contributed by atoms with Crippen molar-refractivity contribution in [2.24, 2.45) is 0 Å². The molecule has 0 saturated carbocycles. The molecule has 238 valence electrons. The van der Waals surface area contributed by atoms with Crippen molar-refractivity contribution in [1.82, 2.24) is 4.90 Å². The van der Waals surface area contributed by atoms with Gasteiger partial charge in [0.05, 0.1) is 40.1 Å². The van der Waals surface area contributed by atoms with E-state index in [1.54, 1.807) is 39.5 Å².